The lowest BCUT2D eigenvalue weighted by molar-refractivity contribution is 0.0951. The number of amides is 1. The molecule has 3 aromatic carbocycles. The highest BCUT2D eigenvalue weighted by Crippen LogP contribution is 2.12. The third-order valence-corrected chi connectivity index (χ3v) is 3.87. The van der Waals surface area contributed by atoms with Crippen molar-refractivity contribution in [3.05, 3.63) is 101 Å². The number of nitrogens with one attached hydrogen (secondary N) is 1. The lowest BCUT2D eigenvalue weighted by Gasteiger charge is -2.08. The van der Waals surface area contributed by atoms with Crippen LogP contribution in [0.2, 0.25) is 0 Å². The number of nitrogens with zero attached hydrogens (tertiary/aromatic N) is 1. The standard InChI is InChI=1S/C22H18N2O2/c23-14-18-5-4-6-19(13-18)15-24-22(25)20-11-9-17(10-12-20)16-26-21-7-2-1-3-8-21/h1-13H,15-16H2,(H,24,25). The number of hydrogen-bond acceptors (Lipinski definition) is 3. The second kappa shape index (κ2) is 8.50. The van der Waals surface area contributed by atoms with Gasteiger partial charge in [-0.2, -0.15) is 5.26 Å². The van der Waals surface area contributed by atoms with Gasteiger partial charge in [0.2, 0.25) is 0 Å². The van der Waals surface area contributed by atoms with Crippen LogP contribution in [0.3, 0.4) is 0 Å². The first kappa shape index (κ1) is 17.2. The van der Waals surface area contributed by atoms with E-state index in [0.717, 1.165) is 16.9 Å². The second-order valence-corrected chi connectivity index (χ2v) is 5.79. The topological polar surface area (TPSA) is 62.1 Å². The van der Waals surface area contributed by atoms with E-state index in [2.05, 4.69) is 11.4 Å². The first-order valence-electron chi connectivity index (χ1n) is 8.28. The van der Waals surface area contributed by atoms with Crippen molar-refractivity contribution in [2.75, 3.05) is 0 Å². The van der Waals surface area contributed by atoms with Gasteiger partial charge in [0.25, 0.3) is 5.91 Å². The van der Waals surface area contributed by atoms with Crippen LogP contribution in [0.15, 0.2) is 78.9 Å². The highest BCUT2D eigenvalue weighted by Gasteiger charge is 2.06. The van der Waals surface area contributed by atoms with Crippen molar-refractivity contribution in [2.24, 2.45) is 0 Å². The van der Waals surface area contributed by atoms with Crippen molar-refractivity contribution < 1.29 is 9.53 Å². The van der Waals surface area contributed by atoms with Crippen LogP contribution in [0.25, 0.3) is 0 Å². The average molecular weight is 342 g/mol. The predicted octanol–water partition coefficient (Wildman–Crippen LogP) is 4.07. The Morgan fingerprint density at radius 1 is 0.923 bits per heavy atom. The number of carbonyl (C=O) groups is 1. The second-order valence-electron chi connectivity index (χ2n) is 5.79. The summed E-state index contributed by atoms with van der Waals surface area (Å²) in [7, 11) is 0. The summed E-state index contributed by atoms with van der Waals surface area (Å²) in [6.07, 6.45) is 0. The minimum atomic E-state index is -0.150. The molecule has 0 bridgehead atoms. The molecule has 0 fully saturated rings. The maximum Gasteiger partial charge on any atom is 0.251 e. The highest BCUT2D eigenvalue weighted by molar-refractivity contribution is 5.94. The predicted molar refractivity (Wildman–Crippen MR) is 99.5 cm³/mol. The summed E-state index contributed by atoms with van der Waals surface area (Å²) in [4.78, 5) is 12.3. The Hall–Kier alpha value is -3.58. The molecule has 0 saturated carbocycles. The van der Waals surface area contributed by atoms with Gasteiger partial charge in [-0.15, -0.1) is 0 Å². The molecule has 0 aliphatic heterocycles. The molecule has 26 heavy (non-hydrogen) atoms. The van der Waals surface area contributed by atoms with Gasteiger partial charge >= 0.3 is 0 Å². The number of ether oxygens (including phenoxy) is 1. The Balaban J connectivity index is 1.54. The van der Waals surface area contributed by atoms with Gasteiger partial charge in [-0.25, -0.2) is 0 Å². The van der Waals surface area contributed by atoms with Crippen molar-refractivity contribution >= 4 is 5.91 Å². The number of para-hydroxylation sites is 1. The third-order valence-electron chi connectivity index (χ3n) is 3.87. The molecule has 4 heteroatoms. The number of benzene rings is 3. The van der Waals surface area contributed by atoms with Crippen molar-refractivity contribution in [3.63, 3.8) is 0 Å². The molecule has 3 aromatic rings. The molecule has 0 aliphatic rings. The summed E-state index contributed by atoms with van der Waals surface area (Å²) in [6, 6.07) is 26.2. The largest absolute Gasteiger partial charge is 0.489 e. The van der Waals surface area contributed by atoms with Crippen molar-refractivity contribution in [1.82, 2.24) is 5.32 Å². The third kappa shape index (κ3) is 4.71. The fraction of sp³-hybridized carbons (Fsp3) is 0.0909. The zero-order chi connectivity index (χ0) is 18.2. The van der Waals surface area contributed by atoms with E-state index in [4.69, 9.17) is 10.00 Å². The van der Waals surface area contributed by atoms with Crippen LogP contribution >= 0.6 is 0 Å². The molecule has 0 heterocycles. The van der Waals surface area contributed by atoms with Crippen LogP contribution in [0.5, 0.6) is 5.75 Å². The molecule has 3 rings (SSSR count). The van der Waals surface area contributed by atoms with Gasteiger partial charge < -0.3 is 10.1 Å². The fourth-order valence-electron chi connectivity index (χ4n) is 2.47. The Labute approximate surface area is 152 Å². The maximum absolute atomic E-state index is 12.3. The van der Waals surface area contributed by atoms with Crippen LogP contribution in [0, 0.1) is 11.3 Å². The van der Waals surface area contributed by atoms with E-state index >= 15 is 0 Å². The van der Waals surface area contributed by atoms with Crippen LogP contribution in [-0.4, -0.2) is 5.91 Å². The number of rotatable bonds is 6. The van der Waals surface area contributed by atoms with E-state index in [-0.39, 0.29) is 5.91 Å². The number of carbonyl (C=O) groups excluding carboxylic acids is 1. The molecule has 0 saturated heterocycles. The molecule has 0 atom stereocenters. The summed E-state index contributed by atoms with van der Waals surface area (Å²) in [5.41, 5.74) is 3.06. The zero-order valence-electron chi connectivity index (χ0n) is 14.2. The minimum absolute atomic E-state index is 0.150. The first-order chi connectivity index (χ1) is 12.7. The fourth-order valence-corrected chi connectivity index (χ4v) is 2.47. The van der Waals surface area contributed by atoms with Gasteiger partial charge in [0, 0.05) is 12.1 Å². The van der Waals surface area contributed by atoms with Crippen LogP contribution < -0.4 is 10.1 Å². The van der Waals surface area contributed by atoms with Gasteiger partial charge in [-0.3, -0.25) is 4.79 Å². The lowest BCUT2D eigenvalue weighted by atomic mass is 10.1. The summed E-state index contributed by atoms with van der Waals surface area (Å²) >= 11 is 0. The van der Waals surface area contributed by atoms with Gasteiger partial charge in [-0.05, 0) is 47.5 Å². The molecule has 0 spiro atoms. The highest BCUT2D eigenvalue weighted by atomic mass is 16.5. The maximum atomic E-state index is 12.3. The first-order valence-corrected chi connectivity index (χ1v) is 8.28. The van der Waals surface area contributed by atoms with E-state index < -0.39 is 0 Å². The molecular weight excluding hydrogens is 324 g/mol. The van der Waals surface area contributed by atoms with Gasteiger partial charge in [0.15, 0.2) is 0 Å². The quantitative estimate of drug-likeness (QED) is 0.734. The van der Waals surface area contributed by atoms with Gasteiger partial charge in [0.1, 0.15) is 12.4 Å². The summed E-state index contributed by atoms with van der Waals surface area (Å²) < 4.78 is 5.69. The monoisotopic (exact) mass is 342 g/mol. The number of nitriles is 1. The Kier molecular flexibility index (Phi) is 5.64. The van der Waals surface area contributed by atoms with Crippen LogP contribution in [0.1, 0.15) is 27.0 Å². The molecule has 0 aliphatic carbocycles. The summed E-state index contributed by atoms with van der Waals surface area (Å²) in [5.74, 6) is 0.664. The van der Waals surface area contributed by atoms with E-state index in [1.165, 1.54) is 0 Å². The Morgan fingerprint density at radius 2 is 1.69 bits per heavy atom. The minimum Gasteiger partial charge on any atom is -0.489 e. The van der Waals surface area contributed by atoms with Gasteiger partial charge in [-0.1, -0.05) is 42.5 Å². The Bertz CT molecular complexity index is 913. The SMILES string of the molecule is N#Cc1cccc(CNC(=O)c2ccc(COc3ccccc3)cc2)c1. The van der Waals surface area contributed by atoms with Crippen molar-refractivity contribution in [3.8, 4) is 11.8 Å². The average Bonchev–Trinajstić information content (AvgIpc) is 2.72. The van der Waals surface area contributed by atoms with Crippen LogP contribution in [-0.2, 0) is 13.2 Å². The summed E-state index contributed by atoms with van der Waals surface area (Å²) in [6.45, 7) is 0.833. The van der Waals surface area contributed by atoms with Crippen LogP contribution in [0.4, 0.5) is 0 Å². The molecule has 4 nitrogen and oxygen atoms in total. The van der Waals surface area contributed by atoms with Crippen molar-refractivity contribution in [2.45, 2.75) is 13.2 Å². The van der Waals surface area contributed by atoms with E-state index in [1.807, 2.05) is 54.6 Å². The number of hydrogen-bond donors (Lipinski definition) is 1. The van der Waals surface area contributed by atoms with E-state index in [9.17, 15) is 4.79 Å². The molecule has 1 amide bonds. The summed E-state index contributed by atoms with van der Waals surface area (Å²) in [5, 5.41) is 11.8. The lowest BCUT2D eigenvalue weighted by Crippen LogP contribution is -2.22. The molecular formula is C22H18N2O2. The molecule has 0 unspecified atom stereocenters. The molecule has 1 N–H and O–H groups in total. The molecule has 0 radical (unpaired) electrons. The zero-order valence-corrected chi connectivity index (χ0v) is 14.2. The smallest absolute Gasteiger partial charge is 0.251 e. The molecule has 128 valence electrons. The van der Waals surface area contributed by atoms with E-state index in [0.29, 0.717) is 24.3 Å². The van der Waals surface area contributed by atoms with Crippen molar-refractivity contribution in [1.29, 1.82) is 5.26 Å². The van der Waals surface area contributed by atoms with E-state index in [1.54, 1.807) is 24.3 Å². The Morgan fingerprint density at radius 3 is 2.42 bits per heavy atom. The normalized spacial score (nSPS) is 9.96. The molecule has 0 aromatic heterocycles. The van der Waals surface area contributed by atoms with Gasteiger partial charge in [0.05, 0.1) is 11.6 Å².